The van der Waals surface area contributed by atoms with E-state index >= 15 is 0 Å². The number of carbonyl (C=O) groups is 2. The van der Waals surface area contributed by atoms with Crippen LogP contribution in [-0.4, -0.2) is 37.7 Å². The third-order valence-electron chi connectivity index (χ3n) is 5.31. The molecular weight excluding hydrogens is 344 g/mol. The number of amides is 1. The second-order valence-electron chi connectivity index (χ2n) is 7.41. The van der Waals surface area contributed by atoms with Gasteiger partial charge < -0.3 is 20.5 Å². The van der Waals surface area contributed by atoms with Crippen LogP contribution in [0.5, 0.6) is 5.75 Å². The molecule has 0 radical (unpaired) electrons. The van der Waals surface area contributed by atoms with Gasteiger partial charge in [0.05, 0.1) is 18.6 Å². The van der Waals surface area contributed by atoms with Crippen LogP contribution in [-0.2, 0) is 9.53 Å². The lowest BCUT2D eigenvalue weighted by Gasteiger charge is -2.28. The maximum absolute atomic E-state index is 12.4. The van der Waals surface area contributed by atoms with Crippen molar-refractivity contribution in [3.8, 4) is 5.75 Å². The van der Waals surface area contributed by atoms with E-state index in [4.69, 9.17) is 15.2 Å². The van der Waals surface area contributed by atoms with Gasteiger partial charge >= 0.3 is 5.97 Å². The molecule has 0 atom stereocenters. The number of benzene rings is 1. The molecule has 1 aromatic rings. The third kappa shape index (κ3) is 5.22. The summed E-state index contributed by atoms with van der Waals surface area (Å²) in [4.78, 5) is 24.2. The van der Waals surface area contributed by atoms with Crippen LogP contribution in [0.3, 0.4) is 0 Å². The summed E-state index contributed by atoms with van der Waals surface area (Å²) in [5.74, 6) is 1.11. The molecule has 1 amide bonds. The molecular formula is C21H30N2O4. The fourth-order valence-corrected chi connectivity index (χ4v) is 3.70. The van der Waals surface area contributed by atoms with Crippen molar-refractivity contribution in [2.45, 2.75) is 57.5 Å². The number of esters is 1. The number of hydrogen-bond acceptors (Lipinski definition) is 5. The van der Waals surface area contributed by atoms with Crippen LogP contribution >= 0.6 is 0 Å². The molecule has 3 rings (SSSR count). The lowest BCUT2D eigenvalue weighted by Crippen LogP contribution is -2.30. The Labute approximate surface area is 160 Å². The van der Waals surface area contributed by atoms with Crippen LogP contribution in [0.2, 0.25) is 0 Å². The van der Waals surface area contributed by atoms with Gasteiger partial charge in [0.15, 0.2) is 0 Å². The van der Waals surface area contributed by atoms with Gasteiger partial charge in [-0.2, -0.15) is 0 Å². The largest absolute Gasteiger partial charge is 0.490 e. The van der Waals surface area contributed by atoms with Gasteiger partial charge in [0.2, 0.25) is 0 Å². The zero-order valence-corrected chi connectivity index (χ0v) is 16.0. The minimum Gasteiger partial charge on any atom is -0.490 e. The molecule has 6 nitrogen and oxygen atoms in total. The van der Waals surface area contributed by atoms with Crippen LogP contribution in [0.4, 0.5) is 0 Å². The summed E-state index contributed by atoms with van der Waals surface area (Å²) in [6.07, 6.45) is 5.65. The Morgan fingerprint density at radius 2 is 1.89 bits per heavy atom. The predicted molar refractivity (Wildman–Crippen MR) is 103 cm³/mol. The van der Waals surface area contributed by atoms with E-state index < -0.39 is 0 Å². The number of ether oxygens (including phenoxy) is 2. The normalized spacial score (nSPS) is 22.1. The molecule has 27 heavy (non-hydrogen) atoms. The van der Waals surface area contributed by atoms with Crippen molar-refractivity contribution in [1.82, 2.24) is 5.32 Å². The number of carbonyl (C=O) groups excluding carboxylic acids is 2. The van der Waals surface area contributed by atoms with E-state index in [-0.39, 0.29) is 23.9 Å². The Balaban J connectivity index is 1.60. The topological polar surface area (TPSA) is 90.6 Å². The van der Waals surface area contributed by atoms with Gasteiger partial charge in [-0.3, -0.25) is 9.59 Å². The molecule has 0 spiro atoms. The quantitative estimate of drug-likeness (QED) is 0.683. The molecule has 2 aliphatic carbocycles. The summed E-state index contributed by atoms with van der Waals surface area (Å²) in [5.41, 5.74) is 7.27. The molecule has 148 valence electrons. The molecule has 0 saturated heterocycles. The summed E-state index contributed by atoms with van der Waals surface area (Å²) in [7, 11) is 0. The Morgan fingerprint density at radius 3 is 2.52 bits per heavy atom. The van der Waals surface area contributed by atoms with Crippen LogP contribution in [0.1, 0.15) is 67.3 Å². The number of rotatable bonds is 8. The van der Waals surface area contributed by atoms with Crippen molar-refractivity contribution in [2.24, 2.45) is 11.7 Å². The second kappa shape index (κ2) is 9.22. The van der Waals surface area contributed by atoms with Crippen molar-refractivity contribution in [3.05, 3.63) is 29.3 Å². The molecule has 0 bridgehead atoms. The van der Waals surface area contributed by atoms with Gasteiger partial charge in [-0.15, -0.1) is 0 Å². The molecule has 0 heterocycles. The molecule has 1 aromatic carbocycles. The average molecular weight is 374 g/mol. The van der Waals surface area contributed by atoms with E-state index in [0.29, 0.717) is 25.6 Å². The highest BCUT2D eigenvalue weighted by atomic mass is 16.5. The smallest absolute Gasteiger partial charge is 0.308 e. The van der Waals surface area contributed by atoms with Crippen molar-refractivity contribution in [1.29, 1.82) is 0 Å². The predicted octanol–water partition coefficient (Wildman–Crippen LogP) is 2.75. The first kappa shape index (κ1) is 19.7. The first-order chi connectivity index (χ1) is 13.1. The van der Waals surface area contributed by atoms with E-state index in [1.54, 1.807) is 0 Å². The fraction of sp³-hybridized carbons (Fsp3) is 0.619. The van der Waals surface area contributed by atoms with Crippen LogP contribution in [0.15, 0.2) is 18.2 Å². The molecule has 0 unspecified atom stereocenters. The highest BCUT2D eigenvalue weighted by Crippen LogP contribution is 2.43. The van der Waals surface area contributed by atoms with Gasteiger partial charge in [-0.25, -0.2) is 0 Å². The Kier molecular flexibility index (Phi) is 6.72. The van der Waals surface area contributed by atoms with E-state index in [1.165, 1.54) is 0 Å². The van der Waals surface area contributed by atoms with E-state index in [1.807, 2.05) is 25.1 Å². The standard InChI is InChI=1S/C21H30N2O4/c1-2-26-21(25)15-5-7-16(8-6-15)27-17-9-10-18(20(24)23-12-11-22)19(13-17)14-3-4-14/h9-10,13-16H,2-8,11-12,22H2,1H3,(H,23,24). The third-order valence-corrected chi connectivity index (χ3v) is 5.31. The Hall–Kier alpha value is -2.08. The molecule has 6 heteroatoms. The van der Waals surface area contributed by atoms with Gasteiger partial charge in [-0.1, -0.05) is 0 Å². The molecule has 3 N–H and O–H groups in total. The molecule has 2 fully saturated rings. The van der Waals surface area contributed by atoms with Crippen molar-refractivity contribution < 1.29 is 19.1 Å². The van der Waals surface area contributed by atoms with Gasteiger partial charge in [0.1, 0.15) is 5.75 Å². The zero-order chi connectivity index (χ0) is 19.2. The van der Waals surface area contributed by atoms with Crippen LogP contribution in [0, 0.1) is 5.92 Å². The minimum absolute atomic E-state index is 0.000409. The summed E-state index contributed by atoms with van der Waals surface area (Å²) >= 11 is 0. The lowest BCUT2D eigenvalue weighted by atomic mass is 9.87. The van der Waals surface area contributed by atoms with E-state index in [0.717, 1.165) is 55.4 Å². The number of nitrogens with one attached hydrogen (secondary N) is 1. The van der Waals surface area contributed by atoms with Gasteiger partial charge in [-0.05, 0) is 75.1 Å². The minimum atomic E-state index is -0.0835. The van der Waals surface area contributed by atoms with E-state index in [2.05, 4.69) is 5.32 Å². The fourth-order valence-electron chi connectivity index (χ4n) is 3.70. The van der Waals surface area contributed by atoms with Crippen molar-refractivity contribution in [3.63, 3.8) is 0 Å². The highest BCUT2D eigenvalue weighted by Gasteiger charge is 2.30. The maximum atomic E-state index is 12.4. The maximum Gasteiger partial charge on any atom is 0.308 e. The van der Waals surface area contributed by atoms with Gasteiger partial charge in [0.25, 0.3) is 5.91 Å². The summed E-state index contributed by atoms with van der Waals surface area (Å²) in [5, 5.41) is 2.85. The van der Waals surface area contributed by atoms with E-state index in [9.17, 15) is 9.59 Å². The number of nitrogens with two attached hydrogens (primary N) is 1. The molecule has 2 aliphatic rings. The van der Waals surface area contributed by atoms with Crippen LogP contribution in [0.25, 0.3) is 0 Å². The van der Waals surface area contributed by atoms with Crippen LogP contribution < -0.4 is 15.8 Å². The monoisotopic (exact) mass is 374 g/mol. The summed E-state index contributed by atoms with van der Waals surface area (Å²) < 4.78 is 11.3. The molecule has 2 saturated carbocycles. The Bertz CT molecular complexity index is 664. The first-order valence-corrected chi connectivity index (χ1v) is 10.1. The SMILES string of the molecule is CCOC(=O)C1CCC(Oc2ccc(C(=O)NCCN)c(C3CC3)c2)CC1. The highest BCUT2D eigenvalue weighted by molar-refractivity contribution is 5.96. The molecule has 0 aromatic heterocycles. The number of hydrogen-bond donors (Lipinski definition) is 2. The Morgan fingerprint density at radius 1 is 1.15 bits per heavy atom. The zero-order valence-electron chi connectivity index (χ0n) is 16.0. The van der Waals surface area contributed by atoms with Gasteiger partial charge in [0, 0.05) is 18.7 Å². The second-order valence-corrected chi connectivity index (χ2v) is 7.41. The van der Waals surface area contributed by atoms with Crippen molar-refractivity contribution in [2.75, 3.05) is 19.7 Å². The first-order valence-electron chi connectivity index (χ1n) is 10.1. The average Bonchev–Trinajstić information content (AvgIpc) is 3.52. The summed E-state index contributed by atoms with van der Waals surface area (Å²) in [6, 6.07) is 5.76. The summed E-state index contributed by atoms with van der Waals surface area (Å²) in [6.45, 7) is 3.18. The van der Waals surface area contributed by atoms with Crippen molar-refractivity contribution >= 4 is 11.9 Å². The lowest BCUT2D eigenvalue weighted by molar-refractivity contribution is -0.149. The molecule has 0 aliphatic heterocycles.